The Hall–Kier alpha value is -2.60. The fraction of sp³-hybridized carbons (Fsp3) is 0.478. The third kappa shape index (κ3) is 4.22. The lowest BCUT2D eigenvalue weighted by molar-refractivity contribution is 0.0744. The standard InChI is InChI=1S/C23H30N4O2/c1-25-14-10-20-21(24-29)11-17-27(23(28)22(20)25)13-5-12-26-15-8-19(9-16-26)18-6-3-2-4-7-18/h2-4,6-7,10,14,19,29H,5,8-9,11-13,15-17H2,1H3. The monoisotopic (exact) mass is 394 g/mol. The number of piperidine rings is 1. The highest BCUT2D eigenvalue weighted by atomic mass is 16.4. The third-order valence-corrected chi connectivity index (χ3v) is 6.37. The van der Waals surface area contributed by atoms with Gasteiger partial charge in [0.25, 0.3) is 5.91 Å². The van der Waals surface area contributed by atoms with E-state index in [0.717, 1.165) is 38.2 Å². The number of aryl methyl sites for hydroxylation is 1. The van der Waals surface area contributed by atoms with Crippen LogP contribution in [-0.2, 0) is 7.05 Å². The Morgan fingerprint density at radius 2 is 1.83 bits per heavy atom. The Balaban J connectivity index is 1.29. The molecule has 1 N–H and O–H groups in total. The molecule has 4 rings (SSSR count). The molecule has 29 heavy (non-hydrogen) atoms. The van der Waals surface area contributed by atoms with Crippen LogP contribution in [-0.4, -0.2) is 63.9 Å². The maximum atomic E-state index is 13.0. The van der Waals surface area contributed by atoms with Crippen molar-refractivity contribution in [1.29, 1.82) is 0 Å². The van der Waals surface area contributed by atoms with Gasteiger partial charge in [-0.25, -0.2) is 0 Å². The predicted octanol–water partition coefficient (Wildman–Crippen LogP) is 3.32. The molecule has 6 heteroatoms. The molecular weight excluding hydrogens is 364 g/mol. The SMILES string of the molecule is Cn1ccc2c1C(=O)N(CCCN1CCC(c3ccccc3)CC1)CCC2=NO. The van der Waals surface area contributed by atoms with E-state index in [1.807, 2.05) is 28.8 Å². The molecule has 0 atom stereocenters. The maximum Gasteiger partial charge on any atom is 0.271 e. The van der Waals surface area contributed by atoms with Crippen LogP contribution in [0.25, 0.3) is 0 Å². The molecule has 154 valence electrons. The van der Waals surface area contributed by atoms with Crippen molar-refractivity contribution in [2.45, 2.75) is 31.6 Å². The molecule has 1 aromatic heterocycles. The lowest BCUT2D eigenvalue weighted by Crippen LogP contribution is -2.37. The summed E-state index contributed by atoms with van der Waals surface area (Å²) in [5, 5.41) is 12.8. The molecule has 0 aliphatic carbocycles. The fourth-order valence-electron chi connectivity index (χ4n) is 4.67. The largest absolute Gasteiger partial charge is 0.411 e. The zero-order chi connectivity index (χ0) is 20.2. The number of likely N-dealkylation sites (tertiary alicyclic amines) is 1. The lowest BCUT2D eigenvalue weighted by atomic mass is 9.89. The zero-order valence-electron chi connectivity index (χ0n) is 17.1. The van der Waals surface area contributed by atoms with Crippen molar-refractivity contribution in [3.8, 4) is 0 Å². The molecule has 2 aliphatic rings. The molecular formula is C23H30N4O2. The average Bonchev–Trinajstić information content (AvgIpc) is 3.08. The second-order valence-electron chi connectivity index (χ2n) is 8.16. The van der Waals surface area contributed by atoms with Crippen LogP contribution in [0.5, 0.6) is 0 Å². The molecule has 2 aromatic rings. The van der Waals surface area contributed by atoms with E-state index in [4.69, 9.17) is 0 Å². The first kappa shape index (κ1) is 19.7. The molecule has 0 saturated carbocycles. The molecule has 2 aliphatic heterocycles. The number of fused-ring (bicyclic) bond motifs is 1. The van der Waals surface area contributed by atoms with E-state index in [1.165, 1.54) is 18.4 Å². The van der Waals surface area contributed by atoms with Crippen molar-refractivity contribution in [2.75, 3.05) is 32.7 Å². The summed E-state index contributed by atoms with van der Waals surface area (Å²) in [6.45, 7) is 4.60. The number of carbonyl (C=O) groups is 1. The molecule has 1 fully saturated rings. The van der Waals surface area contributed by atoms with Crippen LogP contribution in [0.1, 0.15) is 53.2 Å². The van der Waals surface area contributed by atoms with E-state index in [-0.39, 0.29) is 5.91 Å². The predicted molar refractivity (Wildman–Crippen MR) is 114 cm³/mol. The number of hydrogen-bond donors (Lipinski definition) is 1. The van der Waals surface area contributed by atoms with Crippen LogP contribution in [0.3, 0.4) is 0 Å². The summed E-state index contributed by atoms with van der Waals surface area (Å²) < 4.78 is 1.83. The summed E-state index contributed by atoms with van der Waals surface area (Å²) in [4.78, 5) is 17.5. The molecule has 1 amide bonds. The molecule has 0 bridgehead atoms. The average molecular weight is 395 g/mol. The highest BCUT2D eigenvalue weighted by Gasteiger charge is 2.28. The van der Waals surface area contributed by atoms with E-state index in [2.05, 4.69) is 40.4 Å². The molecule has 0 unspecified atom stereocenters. The number of carbonyl (C=O) groups excluding carboxylic acids is 1. The normalized spacial score (nSPS) is 20.1. The molecule has 1 aromatic carbocycles. The van der Waals surface area contributed by atoms with Gasteiger partial charge in [0, 0.05) is 38.3 Å². The van der Waals surface area contributed by atoms with Gasteiger partial charge in [-0.3, -0.25) is 4.79 Å². The van der Waals surface area contributed by atoms with Gasteiger partial charge in [0.05, 0.1) is 5.71 Å². The van der Waals surface area contributed by atoms with Gasteiger partial charge < -0.3 is 19.6 Å². The highest BCUT2D eigenvalue weighted by Crippen LogP contribution is 2.28. The van der Waals surface area contributed by atoms with Crippen molar-refractivity contribution < 1.29 is 10.0 Å². The Bertz CT molecular complexity index is 866. The summed E-state index contributed by atoms with van der Waals surface area (Å²) >= 11 is 0. The number of hydrogen-bond acceptors (Lipinski definition) is 4. The van der Waals surface area contributed by atoms with Gasteiger partial charge >= 0.3 is 0 Å². The Morgan fingerprint density at radius 1 is 1.07 bits per heavy atom. The first-order valence-electron chi connectivity index (χ1n) is 10.6. The molecule has 0 spiro atoms. The summed E-state index contributed by atoms with van der Waals surface area (Å²) in [6, 6.07) is 12.7. The highest BCUT2D eigenvalue weighted by molar-refractivity contribution is 6.11. The van der Waals surface area contributed by atoms with E-state index < -0.39 is 0 Å². The van der Waals surface area contributed by atoms with Gasteiger partial charge in [-0.1, -0.05) is 35.5 Å². The van der Waals surface area contributed by atoms with Crippen LogP contribution in [0, 0.1) is 0 Å². The first-order valence-corrected chi connectivity index (χ1v) is 10.6. The number of nitrogens with zero attached hydrogens (tertiary/aromatic N) is 4. The van der Waals surface area contributed by atoms with Crippen LogP contribution in [0.15, 0.2) is 47.8 Å². The van der Waals surface area contributed by atoms with Crippen molar-refractivity contribution in [1.82, 2.24) is 14.4 Å². The van der Waals surface area contributed by atoms with E-state index in [1.54, 1.807) is 0 Å². The molecule has 3 heterocycles. The summed E-state index contributed by atoms with van der Waals surface area (Å²) in [5.74, 6) is 0.709. The second kappa shape index (κ2) is 8.82. The lowest BCUT2D eigenvalue weighted by Gasteiger charge is -2.32. The smallest absolute Gasteiger partial charge is 0.271 e. The number of aromatic nitrogens is 1. The molecule has 1 saturated heterocycles. The topological polar surface area (TPSA) is 61.1 Å². The van der Waals surface area contributed by atoms with Gasteiger partial charge in [-0.15, -0.1) is 0 Å². The van der Waals surface area contributed by atoms with Crippen molar-refractivity contribution in [3.05, 3.63) is 59.4 Å². The van der Waals surface area contributed by atoms with E-state index in [0.29, 0.717) is 30.3 Å². The first-order chi connectivity index (χ1) is 14.2. The fourth-order valence-corrected chi connectivity index (χ4v) is 4.67. The number of benzene rings is 1. The Morgan fingerprint density at radius 3 is 2.55 bits per heavy atom. The summed E-state index contributed by atoms with van der Waals surface area (Å²) in [6.07, 6.45) is 5.81. The third-order valence-electron chi connectivity index (χ3n) is 6.37. The van der Waals surface area contributed by atoms with Crippen molar-refractivity contribution >= 4 is 11.6 Å². The minimum Gasteiger partial charge on any atom is -0.411 e. The van der Waals surface area contributed by atoms with Crippen molar-refractivity contribution in [2.24, 2.45) is 12.2 Å². The van der Waals surface area contributed by atoms with Gasteiger partial charge in [0.2, 0.25) is 0 Å². The summed E-state index contributed by atoms with van der Waals surface area (Å²) in [5.41, 5.74) is 3.44. The number of rotatable bonds is 5. The van der Waals surface area contributed by atoms with Crippen LogP contribution >= 0.6 is 0 Å². The zero-order valence-corrected chi connectivity index (χ0v) is 17.1. The Kier molecular flexibility index (Phi) is 6.00. The second-order valence-corrected chi connectivity index (χ2v) is 8.16. The van der Waals surface area contributed by atoms with E-state index in [9.17, 15) is 10.0 Å². The van der Waals surface area contributed by atoms with Crippen molar-refractivity contribution in [3.63, 3.8) is 0 Å². The van der Waals surface area contributed by atoms with Gasteiger partial charge in [0.15, 0.2) is 0 Å². The quantitative estimate of drug-likeness (QED) is 0.625. The minimum atomic E-state index is 0.0361. The summed E-state index contributed by atoms with van der Waals surface area (Å²) in [7, 11) is 1.87. The van der Waals surface area contributed by atoms with Gasteiger partial charge in [0.1, 0.15) is 5.69 Å². The minimum absolute atomic E-state index is 0.0361. The maximum absolute atomic E-state index is 13.0. The van der Waals surface area contributed by atoms with Crippen LogP contribution < -0.4 is 0 Å². The van der Waals surface area contributed by atoms with Gasteiger partial charge in [-0.05, 0) is 56.4 Å². The van der Waals surface area contributed by atoms with Gasteiger partial charge in [-0.2, -0.15) is 0 Å². The molecule has 6 nitrogen and oxygen atoms in total. The number of oxime groups is 1. The number of amides is 1. The Labute approximate surface area is 172 Å². The van der Waals surface area contributed by atoms with Crippen LogP contribution in [0.2, 0.25) is 0 Å². The molecule has 0 radical (unpaired) electrons. The van der Waals surface area contributed by atoms with Crippen LogP contribution in [0.4, 0.5) is 0 Å². The van der Waals surface area contributed by atoms with E-state index >= 15 is 0 Å².